The summed E-state index contributed by atoms with van der Waals surface area (Å²) >= 11 is 0. The third kappa shape index (κ3) is 2.58. The molecule has 0 fully saturated rings. The van der Waals surface area contributed by atoms with Gasteiger partial charge in [-0.05, 0) is 12.8 Å². The zero-order valence-electron chi connectivity index (χ0n) is 8.66. The zero-order valence-corrected chi connectivity index (χ0v) is 8.66. The number of hydrogen-bond acceptors (Lipinski definition) is 2. The number of carboxylic acids is 1. The van der Waals surface area contributed by atoms with Crippen LogP contribution in [0.5, 0.6) is 0 Å². The van der Waals surface area contributed by atoms with Gasteiger partial charge in [-0.1, -0.05) is 19.8 Å². The molecule has 0 saturated heterocycles. The summed E-state index contributed by atoms with van der Waals surface area (Å²) in [5.41, 5.74) is 1.04. The highest BCUT2D eigenvalue weighted by Crippen LogP contribution is 2.10. The van der Waals surface area contributed by atoms with Crippen molar-refractivity contribution in [2.75, 3.05) is 0 Å². The van der Waals surface area contributed by atoms with Crippen molar-refractivity contribution < 1.29 is 9.90 Å². The molecule has 78 valence electrons. The minimum Gasteiger partial charge on any atom is -0.478 e. The fourth-order valence-electron chi connectivity index (χ4n) is 1.44. The molecule has 0 aromatic carbocycles. The van der Waals surface area contributed by atoms with Crippen LogP contribution in [0, 0.1) is 0 Å². The van der Waals surface area contributed by atoms with Crippen LogP contribution in [0.1, 0.15) is 42.2 Å². The first kappa shape index (κ1) is 10.8. The average molecular weight is 196 g/mol. The number of aromatic carboxylic acids is 1. The summed E-state index contributed by atoms with van der Waals surface area (Å²) in [6.45, 7) is 2.12. The molecule has 0 saturated carbocycles. The molecule has 0 atom stereocenters. The molecule has 4 heteroatoms. The quantitative estimate of drug-likeness (QED) is 0.731. The number of rotatable bonds is 5. The molecular formula is C10H16N2O2. The van der Waals surface area contributed by atoms with Crippen molar-refractivity contribution in [2.45, 2.75) is 32.6 Å². The maximum absolute atomic E-state index is 10.8. The van der Waals surface area contributed by atoms with E-state index >= 15 is 0 Å². The third-order valence-corrected chi connectivity index (χ3v) is 2.15. The molecule has 4 nitrogen and oxygen atoms in total. The van der Waals surface area contributed by atoms with Gasteiger partial charge in [0, 0.05) is 13.2 Å². The summed E-state index contributed by atoms with van der Waals surface area (Å²) in [6.07, 6.45) is 5.58. The Morgan fingerprint density at radius 2 is 2.29 bits per heavy atom. The van der Waals surface area contributed by atoms with Crippen LogP contribution in [0.15, 0.2) is 6.20 Å². The van der Waals surface area contributed by atoms with Gasteiger partial charge in [0.15, 0.2) is 0 Å². The number of hydrogen-bond donors (Lipinski definition) is 1. The summed E-state index contributed by atoms with van der Waals surface area (Å²) < 4.78 is 1.56. The minimum absolute atomic E-state index is 0.337. The van der Waals surface area contributed by atoms with Crippen molar-refractivity contribution in [2.24, 2.45) is 7.05 Å². The fourth-order valence-corrected chi connectivity index (χ4v) is 1.44. The van der Waals surface area contributed by atoms with Crippen LogP contribution in [-0.2, 0) is 13.5 Å². The third-order valence-electron chi connectivity index (χ3n) is 2.15. The van der Waals surface area contributed by atoms with Crippen molar-refractivity contribution in [1.82, 2.24) is 9.78 Å². The normalized spacial score (nSPS) is 10.4. The second-order valence-electron chi connectivity index (χ2n) is 3.43. The molecule has 14 heavy (non-hydrogen) atoms. The molecule has 0 unspecified atom stereocenters. The predicted molar refractivity (Wildman–Crippen MR) is 53.4 cm³/mol. The molecule has 0 bridgehead atoms. The van der Waals surface area contributed by atoms with E-state index in [0.717, 1.165) is 25.7 Å². The summed E-state index contributed by atoms with van der Waals surface area (Å²) in [6, 6.07) is 0. The summed E-state index contributed by atoms with van der Waals surface area (Å²) in [4.78, 5) is 10.8. The summed E-state index contributed by atoms with van der Waals surface area (Å²) in [5, 5.41) is 13.0. The van der Waals surface area contributed by atoms with Gasteiger partial charge < -0.3 is 5.11 Å². The lowest BCUT2D eigenvalue weighted by molar-refractivity contribution is 0.0695. The Morgan fingerprint density at radius 3 is 2.86 bits per heavy atom. The van der Waals surface area contributed by atoms with Gasteiger partial charge in [-0.2, -0.15) is 5.10 Å². The van der Waals surface area contributed by atoms with E-state index in [9.17, 15) is 4.79 Å². The molecule has 1 N–H and O–H groups in total. The Hall–Kier alpha value is -1.32. The second-order valence-corrected chi connectivity index (χ2v) is 3.43. The van der Waals surface area contributed by atoms with Crippen LogP contribution >= 0.6 is 0 Å². The van der Waals surface area contributed by atoms with E-state index in [0.29, 0.717) is 11.3 Å². The van der Waals surface area contributed by atoms with Crippen LogP contribution in [0.4, 0.5) is 0 Å². The highest BCUT2D eigenvalue weighted by molar-refractivity contribution is 5.88. The Balaban J connectivity index is 2.69. The largest absolute Gasteiger partial charge is 0.478 e. The van der Waals surface area contributed by atoms with E-state index in [4.69, 9.17) is 5.11 Å². The highest BCUT2D eigenvalue weighted by Gasteiger charge is 2.13. The second kappa shape index (κ2) is 4.79. The van der Waals surface area contributed by atoms with Crippen LogP contribution < -0.4 is 0 Å². The Kier molecular flexibility index (Phi) is 3.68. The lowest BCUT2D eigenvalue weighted by Gasteiger charge is -1.96. The van der Waals surface area contributed by atoms with E-state index in [1.165, 1.54) is 0 Å². The van der Waals surface area contributed by atoms with Gasteiger partial charge in [0.05, 0.1) is 5.69 Å². The average Bonchev–Trinajstić information content (AvgIpc) is 2.47. The van der Waals surface area contributed by atoms with Crippen molar-refractivity contribution in [1.29, 1.82) is 0 Å². The van der Waals surface area contributed by atoms with Gasteiger partial charge in [-0.15, -0.1) is 0 Å². The van der Waals surface area contributed by atoms with Crippen molar-refractivity contribution in [3.05, 3.63) is 17.5 Å². The van der Waals surface area contributed by atoms with Gasteiger partial charge in [0.1, 0.15) is 5.56 Å². The van der Waals surface area contributed by atoms with E-state index in [1.807, 2.05) is 0 Å². The van der Waals surface area contributed by atoms with E-state index < -0.39 is 5.97 Å². The lowest BCUT2D eigenvalue weighted by Crippen LogP contribution is -2.00. The molecule has 0 aliphatic carbocycles. The standard InChI is InChI=1S/C10H16N2O2/c1-3-4-5-6-9-8(10(13)14)7-12(2)11-9/h7H,3-6H2,1-2H3,(H,13,14). The van der Waals surface area contributed by atoms with Crippen molar-refractivity contribution in [3.63, 3.8) is 0 Å². The topological polar surface area (TPSA) is 55.1 Å². The maximum atomic E-state index is 10.8. The summed E-state index contributed by atoms with van der Waals surface area (Å²) in [5.74, 6) is -0.885. The molecule has 1 heterocycles. The van der Waals surface area contributed by atoms with Gasteiger partial charge in [-0.25, -0.2) is 4.79 Å². The number of unbranched alkanes of at least 4 members (excludes halogenated alkanes) is 2. The van der Waals surface area contributed by atoms with Crippen LogP contribution in [0.25, 0.3) is 0 Å². The Morgan fingerprint density at radius 1 is 1.57 bits per heavy atom. The van der Waals surface area contributed by atoms with E-state index in [1.54, 1.807) is 17.9 Å². The van der Waals surface area contributed by atoms with Gasteiger partial charge in [0.25, 0.3) is 0 Å². The van der Waals surface area contributed by atoms with Crippen LogP contribution in [0.3, 0.4) is 0 Å². The van der Waals surface area contributed by atoms with E-state index in [-0.39, 0.29) is 0 Å². The first-order chi connectivity index (χ1) is 6.65. The first-order valence-electron chi connectivity index (χ1n) is 4.91. The fraction of sp³-hybridized carbons (Fsp3) is 0.600. The van der Waals surface area contributed by atoms with E-state index in [2.05, 4.69) is 12.0 Å². The zero-order chi connectivity index (χ0) is 10.6. The number of nitrogens with zero attached hydrogens (tertiary/aromatic N) is 2. The van der Waals surface area contributed by atoms with Crippen LogP contribution in [-0.4, -0.2) is 20.9 Å². The maximum Gasteiger partial charge on any atom is 0.339 e. The van der Waals surface area contributed by atoms with Crippen LogP contribution in [0.2, 0.25) is 0 Å². The molecule has 0 aliphatic rings. The Bertz CT molecular complexity index is 318. The molecule has 0 spiro atoms. The molecule has 1 aromatic rings. The minimum atomic E-state index is -0.885. The van der Waals surface area contributed by atoms with Gasteiger partial charge >= 0.3 is 5.97 Å². The summed E-state index contributed by atoms with van der Waals surface area (Å²) in [7, 11) is 1.75. The Labute approximate surface area is 83.5 Å². The number of aryl methyl sites for hydroxylation is 2. The molecule has 0 aliphatic heterocycles. The van der Waals surface area contributed by atoms with Gasteiger partial charge in [-0.3, -0.25) is 4.68 Å². The smallest absolute Gasteiger partial charge is 0.339 e. The number of carboxylic acid groups (broad SMARTS) is 1. The van der Waals surface area contributed by atoms with Gasteiger partial charge in [0.2, 0.25) is 0 Å². The predicted octanol–water partition coefficient (Wildman–Crippen LogP) is 1.85. The lowest BCUT2D eigenvalue weighted by atomic mass is 10.1. The highest BCUT2D eigenvalue weighted by atomic mass is 16.4. The number of aromatic nitrogens is 2. The van der Waals surface area contributed by atoms with Crippen molar-refractivity contribution in [3.8, 4) is 0 Å². The molecule has 1 rings (SSSR count). The van der Waals surface area contributed by atoms with Crippen molar-refractivity contribution >= 4 is 5.97 Å². The molecule has 0 amide bonds. The molecular weight excluding hydrogens is 180 g/mol. The number of carbonyl (C=O) groups is 1. The molecule has 1 aromatic heterocycles. The monoisotopic (exact) mass is 196 g/mol. The molecule has 0 radical (unpaired) electrons. The SMILES string of the molecule is CCCCCc1nn(C)cc1C(=O)O. The first-order valence-corrected chi connectivity index (χ1v) is 4.91.